The first-order chi connectivity index (χ1) is 6.75. The topological polar surface area (TPSA) is 0 Å². The second kappa shape index (κ2) is 2.59. The Morgan fingerprint density at radius 2 is 0.562 bits per heavy atom. The molecule has 2 rings (SSSR count). The van der Waals surface area contributed by atoms with Crippen molar-refractivity contribution in [3.63, 3.8) is 0 Å². The van der Waals surface area contributed by atoms with Gasteiger partial charge in [0.25, 0.3) is 0 Å². The van der Waals surface area contributed by atoms with Crippen molar-refractivity contribution in [2.24, 2.45) is 0 Å². The minimum atomic E-state index is -5.16. The SMILES string of the molecule is FC1(F)C(F)(F)C2(I)C(F)(F)C(F)(F)C12I. The van der Waals surface area contributed by atoms with E-state index in [4.69, 9.17) is 0 Å². The molecule has 0 unspecified atom stereocenters. The van der Waals surface area contributed by atoms with Crippen LogP contribution >= 0.6 is 45.2 Å². The number of hydrogen-bond donors (Lipinski definition) is 0. The van der Waals surface area contributed by atoms with E-state index in [1.807, 2.05) is 0 Å². The third-order valence-electron chi connectivity index (χ3n) is 2.99. The van der Waals surface area contributed by atoms with E-state index in [0.717, 1.165) is 0 Å². The summed E-state index contributed by atoms with van der Waals surface area (Å²) in [5, 5.41) is 0. The molecule has 0 amide bonds. The Hall–Kier alpha value is 0.900. The molecule has 0 aromatic rings. The van der Waals surface area contributed by atoms with Gasteiger partial charge >= 0.3 is 23.7 Å². The molecule has 16 heavy (non-hydrogen) atoms. The Bertz CT molecular complexity index is 311. The Labute approximate surface area is 110 Å². The maximum absolute atomic E-state index is 12.9. The Morgan fingerprint density at radius 3 is 0.688 bits per heavy atom. The Morgan fingerprint density at radius 1 is 0.438 bits per heavy atom. The van der Waals surface area contributed by atoms with E-state index < -0.39 is 30.5 Å². The minimum Gasteiger partial charge on any atom is -0.198 e. The van der Waals surface area contributed by atoms with Crippen molar-refractivity contribution in [2.75, 3.05) is 0 Å². The number of hydrogen-bond acceptors (Lipinski definition) is 0. The van der Waals surface area contributed by atoms with Gasteiger partial charge in [0.05, 0.1) is 0 Å². The lowest BCUT2D eigenvalue weighted by atomic mass is 9.49. The summed E-state index contributed by atoms with van der Waals surface area (Å²) >= 11 is 0.651. The lowest BCUT2D eigenvalue weighted by molar-refractivity contribution is -0.470. The van der Waals surface area contributed by atoms with E-state index in [-0.39, 0.29) is 0 Å². The molecule has 0 bridgehead atoms. The molecule has 0 aromatic heterocycles. The summed E-state index contributed by atoms with van der Waals surface area (Å²) in [7, 11) is 0. The fourth-order valence-electron chi connectivity index (χ4n) is 2.00. The van der Waals surface area contributed by atoms with Crippen molar-refractivity contribution < 1.29 is 35.1 Å². The zero-order chi connectivity index (χ0) is 13.0. The van der Waals surface area contributed by atoms with E-state index in [0.29, 0.717) is 45.2 Å². The molecule has 0 nitrogen and oxygen atoms in total. The van der Waals surface area contributed by atoms with Gasteiger partial charge in [-0.05, 0) is 0 Å². The predicted octanol–water partition coefficient (Wildman–Crippen LogP) is 3.90. The van der Waals surface area contributed by atoms with Crippen LogP contribution in [0, 0.1) is 0 Å². The van der Waals surface area contributed by atoms with Gasteiger partial charge in [-0.3, -0.25) is 0 Å². The summed E-state index contributed by atoms with van der Waals surface area (Å²) in [4.78, 5) is 0. The van der Waals surface area contributed by atoms with E-state index in [2.05, 4.69) is 0 Å². The van der Waals surface area contributed by atoms with Gasteiger partial charge < -0.3 is 0 Å². The average Bonchev–Trinajstić information content (AvgIpc) is 2.12. The van der Waals surface area contributed by atoms with Gasteiger partial charge in [-0.1, -0.05) is 45.2 Å². The lowest BCUT2D eigenvalue weighted by Gasteiger charge is -2.74. The van der Waals surface area contributed by atoms with Gasteiger partial charge in [0, 0.05) is 0 Å². The normalized spacial score (nSPS) is 49.9. The largest absolute Gasteiger partial charge is 0.334 e. The molecule has 10 heteroatoms. The van der Waals surface area contributed by atoms with Crippen molar-refractivity contribution in [3.05, 3.63) is 0 Å². The van der Waals surface area contributed by atoms with Crippen LogP contribution in [0.4, 0.5) is 35.1 Å². The highest BCUT2D eigenvalue weighted by Gasteiger charge is 3.15. The van der Waals surface area contributed by atoms with Gasteiger partial charge in [0.15, 0.2) is 6.84 Å². The summed E-state index contributed by atoms with van der Waals surface area (Å²) in [5.41, 5.74) is 0. The summed E-state index contributed by atoms with van der Waals surface area (Å²) in [6, 6.07) is 0. The molecule has 0 radical (unpaired) electrons. The molecule has 0 atom stereocenters. The minimum absolute atomic E-state index is 0.325. The van der Waals surface area contributed by atoms with Crippen LogP contribution in [0.25, 0.3) is 0 Å². The molecule has 2 aliphatic rings. The summed E-state index contributed by atoms with van der Waals surface area (Å²) < 4.78 is 95.7. The van der Waals surface area contributed by atoms with Crippen molar-refractivity contribution in [2.45, 2.75) is 30.5 Å². The molecule has 0 saturated heterocycles. The molecule has 2 fully saturated rings. The summed E-state index contributed by atoms with van der Waals surface area (Å²) in [6.45, 7) is 0. The molecule has 0 spiro atoms. The van der Waals surface area contributed by atoms with Crippen LogP contribution in [-0.2, 0) is 0 Å². The fourth-order valence-corrected chi connectivity index (χ4v) is 4.71. The van der Waals surface area contributed by atoms with Crippen LogP contribution in [0.1, 0.15) is 0 Å². The monoisotopic (exact) mass is 478 g/mol. The van der Waals surface area contributed by atoms with Crippen LogP contribution in [0.15, 0.2) is 0 Å². The zero-order valence-corrected chi connectivity index (χ0v) is 11.1. The van der Waals surface area contributed by atoms with Gasteiger partial charge in [-0.25, -0.2) is 0 Å². The predicted molar refractivity (Wildman–Crippen MR) is 53.3 cm³/mol. The number of rotatable bonds is 0. The summed E-state index contributed by atoms with van der Waals surface area (Å²) in [5.74, 6) is -20.6. The number of halogens is 10. The van der Waals surface area contributed by atoms with Gasteiger partial charge in [0.1, 0.15) is 0 Å². The maximum atomic E-state index is 12.9. The first-order valence-electron chi connectivity index (χ1n) is 3.64. The van der Waals surface area contributed by atoms with E-state index >= 15 is 0 Å². The molecule has 2 aliphatic carbocycles. The number of fused-ring (bicyclic) bond motifs is 1. The van der Waals surface area contributed by atoms with Gasteiger partial charge in [-0.15, -0.1) is 0 Å². The van der Waals surface area contributed by atoms with Crippen LogP contribution in [0.3, 0.4) is 0 Å². The molecular weight excluding hydrogens is 478 g/mol. The Balaban J connectivity index is 2.67. The van der Waals surface area contributed by atoms with E-state index in [9.17, 15) is 35.1 Å². The second-order valence-corrected chi connectivity index (χ2v) is 6.85. The number of alkyl halides is 10. The highest BCUT2D eigenvalue weighted by molar-refractivity contribution is 14.1. The maximum Gasteiger partial charge on any atom is 0.334 e. The van der Waals surface area contributed by atoms with Gasteiger partial charge in [-0.2, -0.15) is 35.1 Å². The molecule has 0 aliphatic heterocycles. The fraction of sp³-hybridized carbons (Fsp3) is 1.00. The third kappa shape index (κ3) is 0.705. The van der Waals surface area contributed by atoms with E-state index in [1.165, 1.54) is 0 Å². The molecule has 94 valence electrons. The average molecular weight is 478 g/mol. The molecular formula is C6F8I2. The molecule has 2 saturated carbocycles. The van der Waals surface area contributed by atoms with Crippen LogP contribution in [0.5, 0.6) is 0 Å². The van der Waals surface area contributed by atoms with Crippen molar-refractivity contribution in [1.82, 2.24) is 0 Å². The lowest BCUT2D eigenvalue weighted by Crippen LogP contribution is -3.04. The Kier molecular flexibility index (Phi) is 2.16. The first kappa shape index (κ1) is 13.3. The smallest absolute Gasteiger partial charge is 0.198 e. The molecule has 0 heterocycles. The van der Waals surface area contributed by atoms with Crippen LogP contribution in [-0.4, -0.2) is 30.5 Å². The zero-order valence-electron chi connectivity index (χ0n) is 6.78. The van der Waals surface area contributed by atoms with E-state index in [1.54, 1.807) is 0 Å². The van der Waals surface area contributed by atoms with Gasteiger partial charge in [0.2, 0.25) is 0 Å². The summed E-state index contributed by atoms with van der Waals surface area (Å²) in [6.07, 6.45) is 0. The molecule has 0 aromatic carbocycles. The third-order valence-corrected chi connectivity index (χ3v) is 8.35. The van der Waals surface area contributed by atoms with Crippen LogP contribution in [0.2, 0.25) is 0 Å². The quantitative estimate of drug-likeness (QED) is 0.282. The molecule has 0 N–H and O–H groups in total. The van der Waals surface area contributed by atoms with Crippen molar-refractivity contribution in [3.8, 4) is 0 Å². The highest BCUT2D eigenvalue weighted by atomic mass is 127. The van der Waals surface area contributed by atoms with Crippen molar-refractivity contribution >= 4 is 45.2 Å². The highest BCUT2D eigenvalue weighted by Crippen LogP contribution is 2.89. The second-order valence-electron chi connectivity index (χ2n) is 3.61. The van der Waals surface area contributed by atoms with Crippen LogP contribution < -0.4 is 0 Å². The standard InChI is InChI=1S/C6F8I2/c7-3(8)1(15)2(16,5(3,11)12)6(13,14)4(1,9)10. The van der Waals surface area contributed by atoms with Crippen molar-refractivity contribution in [1.29, 1.82) is 0 Å². The first-order valence-corrected chi connectivity index (χ1v) is 5.80.